The molecule has 0 spiro atoms. The summed E-state index contributed by atoms with van der Waals surface area (Å²) in [6.45, 7) is 6.52. The minimum atomic E-state index is -0.168. The Hall–Kier alpha value is -1.26. The smallest absolute Gasteiger partial charge is 0.261 e. The van der Waals surface area contributed by atoms with Crippen LogP contribution in [0.1, 0.15) is 13.8 Å². The summed E-state index contributed by atoms with van der Waals surface area (Å²) < 4.78 is 5.50. The average molecular weight is 283 g/mol. The monoisotopic (exact) mass is 282 g/mol. The third-order valence-electron chi connectivity index (χ3n) is 3.28. The molecule has 0 saturated carbocycles. The zero-order valence-electron chi connectivity index (χ0n) is 11.3. The molecule has 1 aliphatic rings. The largest absolute Gasteiger partial charge is 0.484 e. The molecule has 1 aliphatic heterocycles. The van der Waals surface area contributed by atoms with Crippen molar-refractivity contribution in [3.63, 3.8) is 0 Å². The highest BCUT2D eigenvalue weighted by molar-refractivity contribution is 6.30. The van der Waals surface area contributed by atoms with Crippen molar-refractivity contribution < 1.29 is 9.53 Å². The van der Waals surface area contributed by atoms with Crippen LogP contribution in [-0.4, -0.2) is 42.6 Å². The van der Waals surface area contributed by atoms with Gasteiger partial charge in [0.1, 0.15) is 5.75 Å². The second-order valence-corrected chi connectivity index (χ2v) is 5.71. The highest BCUT2D eigenvalue weighted by Crippen LogP contribution is 2.18. The van der Waals surface area contributed by atoms with Gasteiger partial charge < -0.3 is 15.0 Å². The van der Waals surface area contributed by atoms with Gasteiger partial charge in [0.05, 0.1) is 0 Å². The number of nitrogens with one attached hydrogen (secondary N) is 1. The molecule has 1 N–H and O–H groups in total. The van der Waals surface area contributed by atoms with Gasteiger partial charge >= 0.3 is 0 Å². The van der Waals surface area contributed by atoms with Gasteiger partial charge in [-0.25, -0.2) is 0 Å². The first kappa shape index (κ1) is 14.2. The highest BCUT2D eigenvalue weighted by Gasteiger charge is 2.33. The summed E-state index contributed by atoms with van der Waals surface area (Å²) >= 11 is 5.80. The van der Waals surface area contributed by atoms with Gasteiger partial charge in [-0.05, 0) is 38.1 Å². The van der Waals surface area contributed by atoms with E-state index in [2.05, 4.69) is 19.2 Å². The Kier molecular flexibility index (Phi) is 4.32. The first-order valence-electron chi connectivity index (χ1n) is 6.38. The summed E-state index contributed by atoms with van der Waals surface area (Å²) in [5, 5.41) is 3.95. The van der Waals surface area contributed by atoms with Crippen LogP contribution in [0.15, 0.2) is 24.3 Å². The number of hydrogen-bond acceptors (Lipinski definition) is 3. The van der Waals surface area contributed by atoms with E-state index in [0.29, 0.717) is 10.8 Å². The van der Waals surface area contributed by atoms with Gasteiger partial charge in [-0.1, -0.05) is 11.6 Å². The molecule has 1 aromatic carbocycles. The maximum absolute atomic E-state index is 12.2. The van der Waals surface area contributed by atoms with E-state index in [9.17, 15) is 4.79 Å². The topological polar surface area (TPSA) is 41.6 Å². The van der Waals surface area contributed by atoms with Crippen molar-refractivity contribution in [2.45, 2.75) is 19.4 Å². The summed E-state index contributed by atoms with van der Waals surface area (Å²) in [7, 11) is 0. The van der Waals surface area contributed by atoms with E-state index in [1.807, 2.05) is 4.90 Å². The molecule has 1 saturated heterocycles. The lowest BCUT2D eigenvalue weighted by atomic mass is 10.0. The van der Waals surface area contributed by atoms with E-state index in [4.69, 9.17) is 16.3 Å². The Bertz CT molecular complexity index is 445. The first-order chi connectivity index (χ1) is 8.99. The molecular formula is C14H19ClN2O2. The summed E-state index contributed by atoms with van der Waals surface area (Å²) in [6, 6.07) is 7.02. The normalized spacial score (nSPS) is 18.2. The molecule has 2 rings (SSSR count). The number of hydrogen-bond donors (Lipinski definition) is 1. The van der Waals surface area contributed by atoms with E-state index >= 15 is 0 Å². The highest BCUT2D eigenvalue weighted by atomic mass is 35.5. The van der Waals surface area contributed by atoms with Gasteiger partial charge in [-0.15, -0.1) is 0 Å². The predicted molar refractivity (Wildman–Crippen MR) is 75.6 cm³/mol. The number of piperazine rings is 1. The van der Waals surface area contributed by atoms with Crippen molar-refractivity contribution in [3.05, 3.63) is 29.3 Å². The number of amides is 1. The predicted octanol–water partition coefficient (Wildman–Crippen LogP) is 1.93. The van der Waals surface area contributed by atoms with Gasteiger partial charge in [0, 0.05) is 30.2 Å². The van der Waals surface area contributed by atoms with Gasteiger partial charge in [0.25, 0.3) is 5.91 Å². The van der Waals surface area contributed by atoms with Crippen LogP contribution in [0.3, 0.4) is 0 Å². The third kappa shape index (κ3) is 3.61. The fraction of sp³-hybridized carbons (Fsp3) is 0.500. The van der Waals surface area contributed by atoms with E-state index in [1.54, 1.807) is 24.3 Å². The molecular weight excluding hydrogens is 264 g/mol. The lowest BCUT2D eigenvalue weighted by Gasteiger charge is -2.42. The van der Waals surface area contributed by atoms with Gasteiger partial charge in [-0.2, -0.15) is 0 Å². The van der Waals surface area contributed by atoms with Crippen molar-refractivity contribution in [1.82, 2.24) is 10.2 Å². The average Bonchev–Trinajstić information content (AvgIpc) is 2.37. The second-order valence-electron chi connectivity index (χ2n) is 5.28. The Morgan fingerprint density at radius 3 is 2.74 bits per heavy atom. The fourth-order valence-electron chi connectivity index (χ4n) is 2.20. The quantitative estimate of drug-likeness (QED) is 0.921. The van der Waals surface area contributed by atoms with E-state index in [0.717, 1.165) is 19.6 Å². The van der Waals surface area contributed by atoms with Crippen molar-refractivity contribution in [3.8, 4) is 5.75 Å². The summed E-state index contributed by atoms with van der Waals surface area (Å²) in [5.41, 5.74) is -0.168. The number of carbonyl (C=O) groups is 1. The zero-order chi connectivity index (χ0) is 13.9. The van der Waals surface area contributed by atoms with Crippen LogP contribution < -0.4 is 10.1 Å². The number of ether oxygens (including phenoxy) is 1. The van der Waals surface area contributed by atoms with Crippen LogP contribution in [0.4, 0.5) is 0 Å². The second kappa shape index (κ2) is 5.80. The van der Waals surface area contributed by atoms with Crippen LogP contribution in [-0.2, 0) is 4.79 Å². The Balaban J connectivity index is 1.92. The first-order valence-corrected chi connectivity index (χ1v) is 6.76. The standard InChI is InChI=1S/C14H19ClN2O2/c1-14(2)10-16-7-8-17(14)13(18)9-19-12-5-3-11(15)4-6-12/h3-6,16H,7-10H2,1-2H3. The molecule has 5 heteroatoms. The molecule has 0 unspecified atom stereocenters. The summed E-state index contributed by atoms with van der Waals surface area (Å²) in [4.78, 5) is 14.1. The molecule has 1 heterocycles. The van der Waals surface area contributed by atoms with Crippen molar-refractivity contribution >= 4 is 17.5 Å². The Labute approximate surface area is 118 Å². The molecule has 0 bridgehead atoms. The molecule has 0 aliphatic carbocycles. The van der Waals surface area contributed by atoms with Crippen LogP contribution in [0, 0.1) is 0 Å². The third-order valence-corrected chi connectivity index (χ3v) is 3.53. The maximum atomic E-state index is 12.2. The number of benzene rings is 1. The number of carbonyl (C=O) groups excluding carboxylic acids is 1. The van der Waals surface area contributed by atoms with Crippen LogP contribution in [0.25, 0.3) is 0 Å². The lowest BCUT2D eigenvalue weighted by Crippen LogP contribution is -2.60. The minimum Gasteiger partial charge on any atom is -0.484 e. The van der Waals surface area contributed by atoms with Crippen molar-refractivity contribution in [2.24, 2.45) is 0 Å². The molecule has 4 nitrogen and oxygen atoms in total. The fourth-order valence-corrected chi connectivity index (χ4v) is 2.33. The molecule has 0 aromatic heterocycles. The summed E-state index contributed by atoms with van der Waals surface area (Å²) in [6.07, 6.45) is 0. The molecule has 19 heavy (non-hydrogen) atoms. The zero-order valence-corrected chi connectivity index (χ0v) is 12.0. The number of halogens is 1. The maximum Gasteiger partial charge on any atom is 0.261 e. The van der Waals surface area contributed by atoms with Gasteiger partial charge in [-0.3, -0.25) is 4.79 Å². The van der Waals surface area contributed by atoms with E-state index in [1.165, 1.54) is 0 Å². The minimum absolute atomic E-state index is 0.0152. The van der Waals surface area contributed by atoms with Crippen molar-refractivity contribution in [1.29, 1.82) is 0 Å². The Morgan fingerprint density at radius 2 is 2.11 bits per heavy atom. The lowest BCUT2D eigenvalue weighted by molar-refractivity contribution is -0.139. The van der Waals surface area contributed by atoms with Gasteiger partial charge in [0.2, 0.25) is 0 Å². The molecule has 0 radical (unpaired) electrons. The molecule has 104 valence electrons. The summed E-state index contributed by atoms with van der Waals surface area (Å²) in [5.74, 6) is 0.673. The molecule has 1 amide bonds. The Morgan fingerprint density at radius 1 is 1.42 bits per heavy atom. The number of rotatable bonds is 3. The number of nitrogens with zero attached hydrogens (tertiary/aromatic N) is 1. The van der Waals surface area contributed by atoms with Crippen LogP contribution >= 0.6 is 11.6 Å². The van der Waals surface area contributed by atoms with Gasteiger partial charge in [0.15, 0.2) is 6.61 Å². The molecule has 1 aromatic rings. The SMILES string of the molecule is CC1(C)CNCCN1C(=O)COc1ccc(Cl)cc1. The van der Waals surface area contributed by atoms with E-state index in [-0.39, 0.29) is 18.1 Å². The molecule has 0 atom stereocenters. The van der Waals surface area contributed by atoms with Crippen LogP contribution in [0.2, 0.25) is 5.02 Å². The van der Waals surface area contributed by atoms with Crippen LogP contribution in [0.5, 0.6) is 5.75 Å². The van der Waals surface area contributed by atoms with E-state index < -0.39 is 0 Å². The van der Waals surface area contributed by atoms with Crippen molar-refractivity contribution in [2.75, 3.05) is 26.2 Å². The molecule has 1 fully saturated rings.